The lowest BCUT2D eigenvalue weighted by Crippen LogP contribution is -2.09. The molecular weight excluding hydrogens is 658 g/mol. The van der Waals surface area contributed by atoms with Gasteiger partial charge in [0.2, 0.25) is 0 Å². The molecule has 7 rings (SSSR count). The van der Waals surface area contributed by atoms with Crippen LogP contribution in [0.25, 0.3) is 32.8 Å². The quantitative estimate of drug-likeness (QED) is 0.198. The van der Waals surface area contributed by atoms with Crippen LogP contribution >= 0.6 is 23.5 Å². The van der Waals surface area contributed by atoms with Crippen molar-refractivity contribution in [2.24, 2.45) is 20.0 Å². The third-order valence-electron chi connectivity index (χ3n) is 9.16. The van der Waals surface area contributed by atoms with Crippen LogP contribution in [0, 0.1) is 18.7 Å². The molecule has 3 aromatic carbocycles. The van der Waals surface area contributed by atoms with Gasteiger partial charge in [-0.3, -0.25) is 9.36 Å². The van der Waals surface area contributed by atoms with Crippen molar-refractivity contribution in [3.63, 3.8) is 0 Å². The lowest BCUT2D eigenvalue weighted by Gasteiger charge is -2.13. The van der Waals surface area contributed by atoms with E-state index in [0.717, 1.165) is 50.5 Å². The Hall–Kier alpha value is -4.22. The highest BCUT2D eigenvalue weighted by molar-refractivity contribution is 7.98. The summed E-state index contributed by atoms with van der Waals surface area (Å²) in [6, 6.07) is 17.9. The second-order valence-corrected chi connectivity index (χ2v) is 15.2. The zero-order chi connectivity index (χ0) is 34.4. The molecule has 4 heterocycles. The maximum Gasteiger partial charge on any atom is 0.352 e. The lowest BCUT2D eigenvalue weighted by molar-refractivity contribution is 0.0685. The van der Waals surface area contributed by atoms with E-state index in [2.05, 4.69) is 48.9 Å². The van der Waals surface area contributed by atoms with Crippen LogP contribution in [0.3, 0.4) is 0 Å². The second-order valence-electron chi connectivity index (χ2n) is 13.1. The van der Waals surface area contributed by atoms with Gasteiger partial charge < -0.3 is 14.4 Å². The SMILES string of the molecule is Cc1nn(C)c2c1-c1c(F)ccc3c(c(C(=O)O)n(C)c13)CCCOc1cc(cc3ccccc13)SCc1cc(nn1CC(C)C)CSC2. The Bertz CT molecular complexity index is 2220. The monoisotopic (exact) mass is 697 g/mol. The van der Waals surface area contributed by atoms with Gasteiger partial charge in [0, 0.05) is 70.4 Å². The summed E-state index contributed by atoms with van der Waals surface area (Å²) in [7, 11) is 3.60. The number of aromatic nitrogens is 5. The van der Waals surface area contributed by atoms with Crippen LogP contribution in [0.15, 0.2) is 59.5 Å². The Morgan fingerprint density at radius 3 is 2.63 bits per heavy atom. The van der Waals surface area contributed by atoms with E-state index in [1.54, 1.807) is 41.2 Å². The molecule has 0 unspecified atom stereocenters. The summed E-state index contributed by atoms with van der Waals surface area (Å²) < 4.78 is 28.1. The number of rotatable bonds is 3. The Labute approximate surface area is 293 Å². The number of aromatic carboxylic acids is 1. The number of aryl methyl sites for hydroxylation is 4. The third kappa shape index (κ3) is 6.34. The van der Waals surface area contributed by atoms with Crippen LogP contribution in [0.1, 0.15) is 59.1 Å². The van der Waals surface area contributed by atoms with Crippen molar-refractivity contribution in [3.8, 4) is 16.9 Å². The molecule has 0 spiro atoms. The van der Waals surface area contributed by atoms with Crippen LogP contribution in [-0.2, 0) is 44.3 Å². The van der Waals surface area contributed by atoms with Crippen molar-refractivity contribution in [2.75, 3.05) is 6.61 Å². The van der Waals surface area contributed by atoms with E-state index in [1.807, 2.05) is 30.8 Å². The molecule has 254 valence electrons. The van der Waals surface area contributed by atoms with Gasteiger partial charge in [-0.2, -0.15) is 10.2 Å². The summed E-state index contributed by atoms with van der Waals surface area (Å²) in [5.74, 6) is 1.85. The number of carboxylic acid groups (broad SMARTS) is 1. The summed E-state index contributed by atoms with van der Waals surface area (Å²) in [6.07, 6.45) is 1.05. The minimum Gasteiger partial charge on any atom is -0.493 e. The first kappa shape index (κ1) is 33.3. The number of thioether (sulfide) groups is 2. The molecule has 0 radical (unpaired) electrons. The predicted molar refractivity (Wildman–Crippen MR) is 196 cm³/mol. The van der Waals surface area contributed by atoms with Gasteiger partial charge in [-0.25, -0.2) is 9.18 Å². The highest BCUT2D eigenvalue weighted by Gasteiger charge is 2.28. The number of carboxylic acids is 1. The van der Waals surface area contributed by atoms with Crippen LogP contribution < -0.4 is 4.74 Å². The number of halogens is 1. The van der Waals surface area contributed by atoms with Crippen molar-refractivity contribution >= 4 is 51.2 Å². The largest absolute Gasteiger partial charge is 0.493 e. The molecule has 0 atom stereocenters. The molecule has 1 N–H and O–H groups in total. The van der Waals surface area contributed by atoms with Crippen molar-refractivity contribution in [1.29, 1.82) is 0 Å². The first-order valence-electron chi connectivity index (χ1n) is 16.6. The van der Waals surface area contributed by atoms with Gasteiger partial charge in [0.15, 0.2) is 0 Å². The van der Waals surface area contributed by atoms with Gasteiger partial charge in [0.25, 0.3) is 0 Å². The minimum absolute atomic E-state index is 0.165. The normalized spacial score (nSPS) is 14.3. The van der Waals surface area contributed by atoms with E-state index in [9.17, 15) is 9.90 Å². The van der Waals surface area contributed by atoms with Crippen LogP contribution in [-0.4, -0.2) is 41.8 Å². The van der Waals surface area contributed by atoms with Crippen molar-refractivity contribution in [2.45, 2.75) is 62.3 Å². The number of carbonyl (C=O) groups is 1. The first-order valence-corrected chi connectivity index (χ1v) is 18.7. The minimum atomic E-state index is -1.04. The lowest BCUT2D eigenvalue weighted by atomic mass is 9.98. The Morgan fingerprint density at radius 2 is 1.84 bits per heavy atom. The van der Waals surface area contributed by atoms with Gasteiger partial charge in [-0.15, -0.1) is 23.5 Å². The Balaban J connectivity index is 1.36. The number of fused-ring (bicyclic) bond motifs is 8. The molecule has 0 saturated carbocycles. The van der Waals surface area contributed by atoms with E-state index in [0.29, 0.717) is 64.8 Å². The summed E-state index contributed by atoms with van der Waals surface area (Å²) in [6.45, 7) is 7.53. The molecule has 11 heteroatoms. The van der Waals surface area contributed by atoms with E-state index < -0.39 is 11.8 Å². The maximum absolute atomic E-state index is 16.1. The second kappa shape index (κ2) is 13.6. The zero-order valence-corrected chi connectivity index (χ0v) is 30.1. The predicted octanol–water partition coefficient (Wildman–Crippen LogP) is 8.78. The average Bonchev–Trinajstić information content (AvgIpc) is 3.67. The summed E-state index contributed by atoms with van der Waals surface area (Å²) in [5.41, 5.74) is 6.27. The van der Waals surface area contributed by atoms with Crippen LogP contribution in [0.2, 0.25) is 0 Å². The molecule has 6 aromatic rings. The van der Waals surface area contributed by atoms with E-state index in [4.69, 9.17) is 14.9 Å². The molecule has 0 aliphatic carbocycles. The van der Waals surface area contributed by atoms with E-state index >= 15 is 4.39 Å². The standard InChI is InChI=1S/C38H40FN5O3S2/c1-22(2)18-44-26-16-25(41-44)19-48-21-32-34(23(3)40-43(32)5)35-31(39)13-12-30-29(37(38(45)46)42(4)36(30)35)11-8-14-47-33-17-27(49-20-26)15-24-9-6-7-10-28(24)33/h6-7,9-10,12-13,15-17,22H,8,11,14,18-21H2,1-5H3,(H,45,46). The summed E-state index contributed by atoms with van der Waals surface area (Å²) in [4.78, 5) is 13.8. The topological polar surface area (TPSA) is 87.1 Å². The number of hydrogen-bond donors (Lipinski definition) is 1. The number of ether oxygens (including phenoxy) is 1. The zero-order valence-electron chi connectivity index (χ0n) is 28.4. The summed E-state index contributed by atoms with van der Waals surface area (Å²) in [5, 5.41) is 23.0. The van der Waals surface area contributed by atoms with Gasteiger partial charge in [-0.05, 0) is 67.0 Å². The Morgan fingerprint density at radius 1 is 1.02 bits per heavy atom. The molecule has 0 amide bonds. The first-order chi connectivity index (χ1) is 23.6. The van der Waals surface area contributed by atoms with E-state index in [-0.39, 0.29) is 5.69 Å². The maximum atomic E-state index is 16.1. The van der Waals surface area contributed by atoms with E-state index in [1.165, 1.54) is 11.8 Å². The molecule has 0 fully saturated rings. The van der Waals surface area contributed by atoms with Crippen LogP contribution in [0.4, 0.5) is 4.39 Å². The van der Waals surface area contributed by atoms with Crippen molar-refractivity contribution < 1.29 is 19.0 Å². The van der Waals surface area contributed by atoms with Gasteiger partial charge in [0.1, 0.15) is 17.3 Å². The molecule has 1 aliphatic rings. The molecule has 0 saturated heterocycles. The van der Waals surface area contributed by atoms with Crippen molar-refractivity contribution in [3.05, 3.63) is 94.4 Å². The van der Waals surface area contributed by atoms with Gasteiger partial charge >= 0.3 is 5.97 Å². The fraction of sp³-hybridized carbons (Fsp3) is 0.342. The summed E-state index contributed by atoms with van der Waals surface area (Å²) >= 11 is 3.49. The molecular formula is C38H40FN5O3S2. The molecule has 8 nitrogen and oxygen atoms in total. The third-order valence-corrected chi connectivity index (χ3v) is 11.1. The fourth-order valence-electron chi connectivity index (χ4n) is 7.06. The number of benzene rings is 3. The van der Waals surface area contributed by atoms with Gasteiger partial charge in [-0.1, -0.05) is 38.1 Å². The number of hydrogen-bond acceptors (Lipinski definition) is 6. The Kier molecular flexibility index (Phi) is 9.23. The highest BCUT2D eigenvalue weighted by atomic mass is 32.2. The molecule has 3 aromatic heterocycles. The smallest absolute Gasteiger partial charge is 0.352 e. The highest BCUT2D eigenvalue weighted by Crippen LogP contribution is 2.41. The molecule has 1 aliphatic heterocycles. The molecule has 49 heavy (non-hydrogen) atoms. The number of nitrogens with zero attached hydrogens (tertiary/aromatic N) is 5. The fourth-order valence-corrected chi connectivity index (χ4v) is 8.98. The van der Waals surface area contributed by atoms with Crippen molar-refractivity contribution in [1.82, 2.24) is 24.1 Å². The van der Waals surface area contributed by atoms with Crippen LogP contribution in [0.5, 0.6) is 5.75 Å². The molecule has 8 bridgehead atoms. The van der Waals surface area contributed by atoms with Gasteiger partial charge in [0.05, 0.1) is 29.2 Å². The average molecular weight is 698 g/mol.